The number of rotatable bonds is 4. The third-order valence-electron chi connectivity index (χ3n) is 4.18. The molecular weight excluding hydrogens is 424 g/mol. The van der Waals surface area contributed by atoms with Crippen LogP contribution in [0.3, 0.4) is 0 Å². The number of hydrogen-bond donors (Lipinski definition) is 1. The van der Waals surface area contributed by atoms with Crippen molar-refractivity contribution >= 4 is 48.9 Å². The summed E-state index contributed by atoms with van der Waals surface area (Å²) in [5.74, 6) is -0.396. The van der Waals surface area contributed by atoms with Gasteiger partial charge in [0.1, 0.15) is 9.77 Å². The molecule has 0 radical (unpaired) electrons. The molecule has 0 atom stereocenters. The maximum absolute atomic E-state index is 12.9. The van der Waals surface area contributed by atoms with Crippen LogP contribution < -0.4 is 5.32 Å². The van der Waals surface area contributed by atoms with Crippen molar-refractivity contribution in [1.82, 2.24) is 4.31 Å². The quantitative estimate of drug-likeness (QED) is 0.769. The lowest BCUT2D eigenvalue weighted by molar-refractivity contribution is 0.102. The Morgan fingerprint density at radius 1 is 1.20 bits per heavy atom. The molecule has 0 aliphatic carbocycles. The van der Waals surface area contributed by atoms with Crippen LogP contribution in [0.1, 0.15) is 34.5 Å². The Balaban J connectivity index is 1.85. The second kappa shape index (κ2) is 7.57. The van der Waals surface area contributed by atoms with E-state index in [9.17, 15) is 13.2 Å². The van der Waals surface area contributed by atoms with Gasteiger partial charge in [-0.3, -0.25) is 4.79 Å². The first-order valence-electron chi connectivity index (χ1n) is 8.05. The predicted octanol–water partition coefficient (Wildman–Crippen LogP) is 4.25. The van der Waals surface area contributed by atoms with E-state index in [-0.39, 0.29) is 9.77 Å². The number of benzene rings is 1. The minimum absolute atomic E-state index is 0.103. The molecule has 0 spiro atoms. The molecule has 1 amide bonds. The van der Waals surface area contributed by atoms with Crippen molar-refractivity contribution < 1.29 is 13.2 Å². The fraction of sp³-hybridized carbons (Fsp3) is 0.353. The van der Waals surface area contributed by atoms with Gasteiger partial charge < -0.3 is 5.32 Å². The summed E-state index contributed by atoms with van der Waals surface area (Å²) in [6, 6.07) is 7.00. The molecule has 1 aromatic carbocycles. The van der Waals surface area contributed by atoms with Crippen molar-refractivity contribution in [1.29, 1.82) is 0 Å². The molecular formula is C17H19BrN2O3S2. The molecule has 0 saturated carbocycles. The van der Waals surface area contributed by atoms with Crippen LogP contribution in [0.15, 0.2) is 39.0 Å². The van der Waals surface area contributed by atoms with Crippen LogP contribution in [0.5, 0.6) is 0 Å². The molecule has 0 unspecified atom stereocenters. The van der Waals surface area contributed by atoms with Gasteiger partial charge in [0.05, 0.1) is 0 Å². The highest BCUT2D eigenvalue weighted by molar-refractivity contribution is 9.10. The Hall–Kier alpha value is -1.22. The number of amides is 1. The summed E-state index contributed by atoms with van der Waals surface area (Å²) >= 11 is 4.57. The first kappa shape index (κ1) is 18.6. The number of anilines is 1. The van der Waals surface area contributed by atoms with Gasteiger partial charge in [-0.1, -0.05) is 22.4 Å². The van der Waals surface area contributed by atoms with Gasteiger partial charge in [-0.2, -0.15) is 4.31 Å². The largest absolute Gasteiger partial charge is 0.321 e. The van der Waals surface area contributed by atoms with Crippen LogP contribution in [-0.4, -0.2) is 31.7 Å². The zero-order valence-electron chi connectivity index (χ0n) is 13.8. The van der Waals surface area contributed by atoms with Gasteiger partial charge >= 0.3 is 0 Å². The minimum atomic E-state index is -3.63. The SMILES string of the molecule is Cc1cc(NC(=O)c2sccc2S(=O)(=O)N2CCCCC2)ccc1Br. The number of hydrogen-bond acceptors (Lipinski definition) is 4. The molecule has 1 aliphatic heterocycles. The van der Waals surface area contributed by atoms with Gasteiger partial charge in [-0.25, -0.2) is 8.42 Å². The van der Waals surface area contributed by atoms with E-state index in [1.807, 2.05) is 19.1 Å². The van der Waals surface area contributed by atoms with Crippen molar-refractivity contribution in [3.8, 4) is 0 Å². The fourth-order valence-electron chi connectivity index (χ4n) is 2.82. The Kier molecular flexibility index (Phi) is 5.62. The van der Waals surface area contributed by atoms with Crippen LogP contribution in [0.25, 0.3) is 0 Å². The Labute approximate surface area is 160 Å². The van der Waals surface area contributed by atoms with Crippen molar-refractivity contribution in [3.05, 3.63) is 44.6 Å². The molecule has 1 aromatic heterocycles. The third-order valence-corrected chi connectivity index (χ3v) is 8.06. The Morgan fingerprint density at radius 2 is 1.92 bits per heavy atom. The highest BCUT2D eigenvalue weighted by atomic mass is 79.9. The van der Waals surface area contributed by atoms with Crippen LogP contribution >= 0.6 is 27.3 Å². The number of aryl methyl sites for hydroxylation is 1. The Morgan fingerprint density at radius 3 is 2.60 bits per heavy atom. The van der Waals surface area contributed by atoms with E-state index >= 15 is 0 Å². The van der Waals surface area contributed by atoms with Gasteiger partial charge in [0.2, 0.25) is 10.0 Å². The summed E-state index contributed by atoms with van der Waals surface area (Å²) in [4.78, 5) is 13.0. The average molecular weight is 443 g/mol. The second-order valence-corrected chi connectivity index (χ2v) is 9.67. The van der Waals surface area contributed by atoms with Gasteiger partial charge in [-0.05, 0) is 55.0 Å². The summed E-state index contributed by atoms with van der Waals surface area (Å²) in [5.41, 5.74) is 1.63. The predicted molar refractivity (Wildman–Crippen MR) is 104 cm³/mol. The molecule has 1 saturated heterocycles. The maximum atomic E-state index is 12.9. The topological polar surface area (TPSA) is 66.5 Å². The van der Waals surface area contributed by atoms with Crippen LogP contribution in [0, 0.1) is 6.92 Å². The van der Waals surface area contributed by atoms with Gasteiger partial charge in [0.25, 0.3) is 5.91 Å². The zero-order chi connectivity index (χ0) is 18.0. The van der Waals surface area contributed by atoms with E-state index in [0.29, 0.717) is 18.8 Å². The second-order valence-electron chi connectivity index (χ2n) is 6.00. The fourth-order valence-corrected chi connectivity index (χ4v) is 5.88. The molecule has 2 heterocycles. The number of nitrogens with one attached hydrogen (secondary N) is 1. The van der Waals surface area contributed by atoms with E-state index in [4.69, 9.17) is 0 Å². The monoisotopic (exact) mass is 442 g/mol. The molecule has 1 aliphatic rings. The van der Waals surface area contributed by atoms with Crippen molar-refractivity contribution in [2.24, 2.45) is 0 Å². The minimum Gasteiger partial charge on any atom is -0.321 e. The molecule has 25 heavy (non-hydrogen) atoms. The third kappa shape index (κ3) is 3.97. The summed E-state index contributed by atoms with van der Waals surface area (Å²) in [7, 11) is -3.63. The molecule has 5 nitrogen and oxygen atoms in total. The lowest BCUT2D eigenvalue weighted by atomic mass is 10.2. The first-order valence-corrected chi connectivity index (χ1v) is 11.2. The number of thiophene rings is 1. The summed E-state index contributed by atoms with van der Waals surface area (Å²) in [5, 5.41) is 4.45. The average Bonchev–Trinajstić information content (AvgIpc) is 3.10. The number of sulfonamides is 1. The summed E-state index contributed by atoms with van der Waals surface area (Å²) in [6.45, 7) is 2.97. The lowest BCUT2D eigenvalue weighted by Gasteiger charge is -2.25. The standard InChI is InChI=1S/C17H19BrN2O3S2/c1-12-11-13(5-6-14(12)18)19-17(21)16-15(7-10-24-16)25(22,23)20-8-3-2-4-9-20/h5-7,10-11H,2-4,8-9H2,1H3,(H,19,21). The molecule has 1 fully saturated rings. The van der Waals surface area contributed by atoms with Crippen molar-refractivity contribution in [2.75, 3.05) is 18.4 Å². The summed E-state index contributed by atoms with van der Waals surface area (Å²) in [6.07, 6.45) is 2.78. The maximum Gasteiger partial charge on any atom is 0.267 e. The number of halogens is 1. The Bertz CT molecular complexity index is 887. The van der Waals surface area contributed by atoms with E-state index in [1.165, 1.54) is 10.4 Å². The first-order chi connectivity index (χ1) is 11.9. The van der Waals surface area contributed by atoms with Crippen molar-refractivity contribution in [2.45, 2.75) is 31.1 Å². The number of piperidine rings is 1. The van der Waals surface area contributed by atoms with Crippen LogP contribution in [-0.2, 0) is 10.0 Å². The molecule has 3 rings (SSSR count). The van der Waals surface area contributed by atoms with Gasteiger partial charge in [-0.15, -0.1) is 11.3 Å². The van der Waals surface area contributed by atoms with E-state index in [0.717, 1.165) is 40.6 Å². The van der Waals surface area contributed by atoms with Gasteiger partial charge in [0.15, 0.2) is 0 Å². The normalized spacial score (nSPS) is 15.9. The smallest absolute Gasteiger partial charge is 0.267 e. The zero-order valence-corrected chi connectivity index (χ0v) is 17.0. The van der Waals surface area contributed by atoms with Crippen LogP contribution in [0.2, 0.25) is 0 Å². The molecule has 2 aromatic rings. The van der Waals surface area contributed by atoms with Crippen molar-refractivity contribution in [3.63, 3.8) is 0 Å². The molecule has 8 heteroatoms. The number of carbonyl (C=O) groups is 1. The van der Waals surface area contributed by atoms with Gasteiger partial charge in [0, 0.05) is 23.2 Å². The highest BCUT2D eigenvalue weighted by Crippen LogP contribution is 2.28. The van der Waals surface area contributed by atoms with Crippen LogP contribution in [0.4, 0.5) is 5.69 Å². The van der Waals surface area contributed by atoms with E-state index < -0.39 is 15.9 Å². The molecule has 134 valence electrons. The number of nitrogens with zero attached hydrogens (tertiary/aromatic N) is 1. The van der Waals surface area contributed by atoms with E-state index in [1.54, 1.807) is 11.4 Å². The highest BCUT2D eigenvalue weighted by Gasteiger charge is 2.31. The molecule has 0 bridgehead atoms. The lowest BCUT2D eigenvalue weighted by Crippen LogP contribution is -2.36. The number of carbonyl (C=O) groups excluding carboxylic acids is 1. The van der Waals surface area contributed by atoms with E-state index in [2.05, 4.69) is 21.2 Å². The molecule has 1 N–H and O–H groups in total. The summed E-state index contributed by atoms with van der Waals surface area (Å²) < 4.78 is 28.2.